The minimum absolute atomic E-state index is 0.168. The molecule has 1 atom stereocenters. The number of hydrogen-bond acceptors (Lipinski definition) is 2. The maximum absolute atomic E-state index is 12.1. The molecule has 92 valence electrons. The highest BCUT2D eigenvalue weighted by atomic mass is 16.5. The molecule has 0 heterocycles. The number of carbonyl (C=O) groups excluding carboxylic acids is 1. The van der Waals surface area contributed by atoms with Crippen molar-refractivity contribution in [3.63, 3.8) is 0 Å². The van der Waals surface area contributed by atoms with Gasteiger partial charge in [-0.3, -0.25) is 4.79 Å². The molecule has 0 bridgehead atoms. The summed E-state index contributed by atoms with van der Waals surface area (Å²) in [7, 11) is 0. The van der Waals surface area contributed by atoms with Crippen molar-refractivity contribution in [2.45, 2.75) is 39.7 Å². The summed E-state index contributed by atoms with van der Waals surface area (Å²) in [5.41, 5.74) is 0.806. The van der Waals surface area contributed by atoms with Gasteiger partial charge in [-0.25, -0.2) is 0 Å². The second-order valence-electron chi connectivity index (χ2n) is 5.18. The van der Waals surface area contributed by atoms with Crippen LogP contribution in [0.3, 0.4) is 0 Å². The molecule has 1 aliphatic carbocycles. The molecule has 1 saturated carbocycles. The zero-order chi connectivity index (χ0) is 12.4. The Kier molecular flexibility index (Phi) is 3.51. The summed E-state index contributed by atoms with van der Waals surface area (Å²) in [5, 5.41) is 0. The van der Waals surface area contributed by atoms with Gasteiger partial charge in [0, 0.05) is 11.5 Å². The number of ketones is 1. The molecule has 0 saturated heterocycles. The standard InChI is InChI=1S/C15H20O2/c1-10(2)17-14-8-6-13(7-9-14)15(16)11(3)12-4-5-12/h6-12H,4-5H2,1-3H3. The average Bonchev–Trinajstić information content (AvgIpc) is 3.11. The first kappa shape index (κ1) is 12.2. The lowest BCUT2D eigenvalue weighted by molar-refractivity contribution is 0.0916. The Balaban J connectivity index is 2.03. The quantitative estimate of drug-likeness (QED) is 0.723. The lowest BCUT2D eigenvalue weighted by Gasteiger charge is -2.11. The molecular weight excluding hydrogens is 212 g/mol. The van der Waals surface area contributed by atoms with Gasteiger partial charge < -0.3 is 4.74 Å². The first-order valence-electron chi connectivity index (χ1n) is 6.39. The van der Waals surface area contributed by atoms with Crippen LogP contribution in [0.25, 0.3) is 0 Å². The van der Waals surface area contributed by atoms with E-state index in [0.29, 0.717) is 5.92 Å². The SMILES string of the molecule is CC(C)Oc1ccc(C(=O)C(C)C2CC2)cc1. The molecule has 0 aromatic heterocycles. The lowest BCUT2D eigenvalue weighted by atomic mass is 9.95. The zero-order valence-electron chi connectivity index (χ0n) is 10.8. The Bertz CT molecular complexity index is 388. The molecule has 17 heavy (non-hydrogen) atoms. The highest BCUT2D eigenvalue weighted by molar-refractivity contribution is 5.98. The van der Waals surface area contributed by atoms with Crippen LogP contribution in [-0.4, -0.2) is 11.9 Å². The fraction of sp³-hybridized carbons (Fsp3) is 0.533. The Labute approximate surface area is 103 Å². The highest BCUT2D eigenvalue weighted by Crippen LogP contribution is 2.38. The van der Waals surface area contributed by atoms with Crippen molar-refractivity contribution in [1.82, 2.24) is 0 Å². The number of hydrogen-bond donors (Lipinski definition) is 0. The smallest absolute Gasteiger partial charge is 0.165 e. The third-order valence-corrected chi connectivity index (χ3v) is 3.25. The van der Waals surface area contributed by atoms with E-state index in [-0.39, 0.29) is 17.8 Å². The van der Waals surface area contributed by atoms with Gasteiger partial charge in [-0.2, -0.15) is 0 Å². The van der Waals surface area contributed by atoms with Crippen LogP contribution in [-0.2, 0) is 0 Å². The predicted molar refractivity (Wildman–Crippen MR) is 68.4 cm³/mol. The summed E-state index contributed by atoms with van der Waals surface area (Å²) in [6.45, 7) is 6.03. The predicted octanol–water partition coefficient (Wildman–Crippen LogP) is 3.70. The molecule has 1 fully saturated rings. The third-order valence-electron chi connectivity index (χ3n) is 3.25. The van der Waals surface area contributed by atoms with Crippen LogP contribution in [0.15, 0.2) is 24.3 Å². The van der Waals surface area contributed by atoms with Crippen LogP contribution in [0, 0.1) is 11.8 Å². The number of ether oxygens (including phenoxy) is 1. The molecule has 0 amide bonds. The molecule has 0 N–H and O–H groups in total. The summed E-state index contributed by atoms with van der Waals surface area (Å²) in [4.78, 5) is 12.1. The summed E-state index contributed by atoms with van der Waals surface area (Å²) < 4.78 is 5.56. The van der Waals surface area contributed by atoms with Crippen molar-refractivity contribution in [2.24, 2.45) is 11.8 Å². The van der Waals surface area contributed by atoms with Crippen LogP contribution in [0.5, 0.6) is 5.75 Å². The summed E-state index contributed by atoms with van der Waals surface area (Å²) in [6, 6.07) is 7.51. The van der Waals surface area contributed by atoms with E-state index in [1.165, 1.54) is 12.8 Å². The zero-order valence-corrected chi connectivity index (χ0v) is 10.8. The first-order valence-corrected chi connectivity index (χ1v) is 6.39. The van der Waals surface area contributed by atoms with Gasteiger partial charge in [-0.1, -0.05) is 6.92 Å². The van der Waals surface area contributed by atoms with Crippen molar-refractivity contribution in [1.29, 1.82) is 0 Å². The largest absolute Gasteiger partial charge is 0.491 e. The van der Waals surface area contributed by atoms with Gasteiger partial charge >= 0.3 is 0 Å². The topological polar surface area (TPSA) is 26.3 Å². The van der Waals surface area contributed by atoms with Crippen molar-refractivity contribution < 1.29 is 9.53 Å². The van der Waals surface area contributed by atoms with E-state index in [1.54, 1.807) is 0 Å². The normalized spacial score (nSPS) is 16.9. The molecule has 1 aromatic carbocycles. The summed E-state index contributed by atoms with van der Waals surface area (Å²) in [6.07, 6.45) is 2.59. The van der Waals surface area contributed by atoms with Gasteiger partial charge in [-0.15, -0.1) is 0 Å². The molecule has 1 aliphatic rings. The summed E-state index contributed by atoms with van der Waals surface area (Å²) >= 11 is 0. The van der Waals surface area contributed by atoms with Crippen LogP contribution in [0.1, 0.15) is 44.0 Å². The van der Waals surface area contributed by atoms with Gasteiger partial charge in [0.2, 0.25) is 0 Å². The van der Waals surface area contributed by atoms with E-state index in [2.05, 4.69) is 0 Å². The van der Waals surface area contributed by atoms with Crippen molar-refractivity contribution in [3.05, 3.63) is 29.8 Å². The van der Waals surface area contributed by atoms with E-state index in [0.717, 1.165) is 11.3 Å². The molecule has 1 aromatic rings. The first-order chi connectivity index (χ1) is 8.08. The Morgan fingerprint density at radius 1 is 1.18 bits per heavy atom. The highest BCUT2D eigenvalue weighted by Gasteiger charge is 2.32. The molecule has 2 nitrogen and oxygen atoms in total. The van der Waals surface area contributed by atoms with Crippen molar-refractivity contribution in [3.8, 4) is 5.75 Å². The third kappa shape index (κ3) is 3.09. The second-order valence-corrected chi connectivity index (χ2v) is 5.18. The Morgan fingerprint density at radius 3 is 2.24 bits per heavy atom. The van der Waals surface area contributed by atoms with Gasteiger partial charge in [0.1, 0.15) is 5.75 Å². The van der Waals surface area contributed by atoms with E-state index >= 15 is 0 Å². The molecule has 0 aliphatic heterocycles. The Hall–Kier alpha value is -1.31. The lowest BCUT2D eigenvalue weighted by Crippen LogP contribution is -2.13. The molecule has 0 radical (unpaired) electrons. The maximum atomic E-state index is 12.1. The van der Waals surface area contributed by atoms with E-state index in [4.69, 9.17) is 4.74 Å². The summed E-state index contributed by atoms with van der Waals surface area (Å²) in [5.74, 6) is 1.89. The van der Waals surface area contributed by atoms with Gasteiger partial charge in [0.25, 0.3) is 0 Å². The second kappa shape index (κ2) is 4.91. The van der Waals surface area contributed by atoms with E-state index < -0.39 is 0 Å². The molecule has 2 heteroatoms. The van der Waals surface area contributed by atoms with Gasteiger partial charge in [0.15, 0.2) is 5.78 Å². The van der Waals surface area contributed by atoms with Crippen LogP contribution < -0.4 is 4.74 Å². The molecule has 2 rings (SSSR count). The number of Topliss-reactive ketones (excluding diaryl/α,β-unsaturated/α-hetero) is 1. The van der Waals surface area contributed by atoms with Crippen molar-refractivity contribution in [2.75, 3.05) is 0 Å². The minimum Gasteiger partial charge on any atom is -0.491 e. The number of carbonyl (C=O) groups is 1. The van der Waals surface area contributed by atoms with Crippen LogP contribution >= 0.6 is 0 Å². The fourth-order valence-corrected chi connectivity index (χ4v) is 2.04. The molecular formula is C15H20O2. The Morgan fingerprint density at radius 2 is 1.76 bits per heavy atom. The van der Waals surface area contributed by atoms with E-state index in [1.807, 2.05) is 45.0 Å². The maximum Gasteiger partial charge on any atom is 0.165 e. The monoisotopic (exact) mass is 232 g/mol. The van der Waals surface area contributed by atoms with Crippen molar-refractivity contribution >= 4 is 5.78 Å². The minimum atomic E-state index is 0.168. The number of benzene rings is 1. The molecule has 0 spiro atoms. The van der Waals surface area contributed by atoms with Crippen LogP contribution in [0.2, 0.25) is 0 Å². The van der Waals surface area contributed by atoms with Crippen LogP contribution in [0.4, 0.5) is 0 Å². The average molecular weight is 232 g/mol. The van der Waals surface area contributed by atoms with Gasteiger partial charge in [0.05, 0.1) is 6.10 Å². The molecule has 1 unspecified atom stereocenters. The number of rotatable bonds is 5. The van der Waals surface area contributed by atoms with E-state index in [9.17, 15) is 4.79 Å². The van der Waals surface area contributed by atoms with Gasteiger partial charge in [-0.05, 0) is 56.9 Å². The fourth-order valence-electron chi connectivity index (χ4n) is 2.04.